The van der Waals surface area contributed by atoms with Crippen LogP contribution in [0.3, 0.4) is 0 Å². The van der Waals surface area contributed by atoms with Gasteiger partial charge in [0.25, 0.3) is 0 Å². The van der Waals surface area contributed by atoms with E-state index >= 15 is 0 Å². The molecule has 0 heterocycles. The van der Waals surface area contributed by atoms with Crippen LogP contribution in [0.2, 0.25) is 0 Å². The maximum absolute atomic E-state index is 11.0. The largest absolute Gasteiger partial charge is 0.507 e. The van der Waals surface area contributed by atoms with Crippen LogP contribution in [0.25, 0.3) is 0 Å². The first kappa shape index (κ1) is 18.7. The molecule has 0 aliphatic heterocycles. The number of thiol groups is 1. The van der Waals surface area contributed by atoms with Gasteiger partial charge in [0.2, 0.25) is 0 Å². The first-order valence-corrected chi connectivity index (χ1v) is 9.87. The molecule has 1 fully saturated rings. The van der Waals surface area contributed by atoms with Crippen LogP contribution in [0.15, 0.2) is 12.1 Å². The summed E-state index contributed by atoms with van der Waals surface area (Å²) < 4.78 is 0. The highest BCUT2D eigenvalue weighted by Crippen LogP contribution is 2.44. The standard InChI is InChI=1S/C21H34OS/c1-14(2)18(13-23)16-11-17(15-9-7-6-8-10-15)20(22)19(12-16)21(3,4)5/h11-12,14-15,18,22-23H,6-10,13H2,1-5H3. The van der Waals surface area contributed by atoms with Gasteiger partial charge in [0.05, 0.1) is 0 Å². The zero-order valence-corrected chi connectivity index (χ0v) is 16.4. The molecule has 0 bridgehead atoms. The molecule has 1 aromatic rings. The van der Waals surface area contributed by atoms with Gasteiger partial charge in [-0.3, -0.25) is 0 Å². The third-order valence-corrected chi connectivity index (χ3v) is 5.84. The lowest BCUT2D eigenvalue weighted by molar-refractivity contribution is 0.401. The summed E-state index contributed by atoms with van der Waals surface area (Å²) in [6, 6.07) is 4.53. The van der Waals surface area contributed by atoms with E-state index in [1.807, 2.05) is 0 Å². The molecule has 0 radical (unpaired) electrons. The van der Waals surface area contributed by atoms with Gasteiger partial charge in [0.15, 0.2) is 0 Å². The topological polar surface area (TPSA) is 20.2 Å². The van der Waals surface area contributed by atoms with Gasteiger partial charge in [-0.2, -0.15) is 12.6 Å². The molecular formula is C21H34OS. The van der Waals surface area contributed by atoms with E-state index in [9.17, 15) is 5.11 Å². The molecule has 0 aromatic heterocycles. The molecule has 1 saturated carbocycles. The van der Waals surface area contributed by atoms with Crippen LogP contribution in [0, 0.1) is 5.92 Å². The second-order valence-corrected chi connectivity index (χ2v) is 8.99. The number of hydrogen-bond acceptors (Lipinski definition) is 2. The third-order valence-electron chi connectivity index (χ3n) is 5.44. The highest BCUT2D eigenvalue weighted by molar-refractivity contribution is 7.80. The Morgan fingerprint density at radius 3 is 2.22 bits per heavy atom. The molecule has 1 aromatic carbocycles. The summed E-state index contributed by atoms with van der Waals surface area (Å²) >= 11 is 4.60. The Labute approximate surface area is 148 Å². The summed E-state index contributed by atoms with van der Waals surface area (Å²) in [7, 11) is 0. The fourth-order valence-corrected chi connectivity index (χ4v) is 4.52. The van der Waals surface area contributed by atoms with Crippen LogP contribution >= 0.6 is 12.6 Å². The molecule has 0 spiro atoms. The molecule has 1 aliphatic rings. The predicted octanol–water partition coefficient (Wildman–Crippen LogP) is 6.41. The number of phenolic OH excluding ortho intramolecular Hbond substituents is 1. The highest BCUT2D eigenvalue weighted by Gasteiger charge is 2.27. The zero-order valence-electron chi connectivity index (χ0n) is 15.5. The van der Waals surface area contributed by atoms with E-state index in [-0.39, 0.29) is 5.41 Å². The van der Waals surface area contributed by atoms with Crippen LogP contribution in [0.1, 0.15) is 95.2 Å². The molecule has 1 N–H and O–H groups in total. The monoisotopic (exact) mass is 334 g/mol. The minimum atomic E-state index is -0.0400. The van der Waals surface area contributed by atoms with Crippen LogP contribution in [0.4, 0.5) is 0 Å². The molecule has 2 rings (SSSR count). The molecule has 1 aliphatic carbocycles. The van der Waals surface area contributed by atoms with Gasteiger partial charge in [-0.05, 0) is 58.5 Å². The smallest absolute Gasteiger partial charge is 0.122 e. The average Bonchev–Trinajstić information content (AvgIpc) is 2.48. The Morgan fingerprint density at radius 1 is 1.13 bits per heavy atom. The first-order chi connectivity index (χ1) is 10.8. The van der Waals surface area contributed by atoms with Crippen LogP contribution in [0.5, 0.6) is 5.75 Å². The number of hydrogen-bond donors (Lipinski definition) is 2. The third kappa shape index (κ3) is 4.26. The maximum atomic E-state index is 11.0. The summed E-state index contributed by atoms with van der Waals surface area (Å²) in [5, 5.41) is 11.0. The number of benzene rings is 1. The molecule has 0 saturated heterocycles. The number of aromatic hydroxyl groups is 1. The fraction of sp³-hybridized carbons (Fsp3) is 0.714. The van der Waals surface area contributed by atoms with Gasteiger partial charge in [-0.25, -0.2) is 0 Å². The van der Waals surface area contributed by atoms with E-state index in [0.29, 0.717) is 23.5 Å². The van der Waals surface area contributed by atoms with Crippen molar-refractivity contribution in [2.75, 3.05) is 5.75 Å². The summed E-state index contributed by atoms with van der Waals surface area (Å²) in [6.45, 7) is 11.1. The maximum Gasteiger partial charge on any atom is 0.122 e. The minimum absolute atomic E-state index is 0.0400. The SMILES string of the molecule is CC(C)C(CS)c1cc(C2CCCCC2)c(O)c(C(C)(C)C)c1. The minimum Gasteiger partial charge on any atom is -0.507 e. The Morgan fingerprint density at radius 2 is 1.74 bits per heavy atom. The van der Waals surface area contributed by atoms with Crippen molar-refractivity contribution in [1.82, 2.24) is 0 Å². The molecular weight excluding hydrogens is 300 g/mol. The van der Waals surface area contributed by atoms with Crippen molar-refractivity contribution in [3.8, 4) is 5.75 Å². The lowest BCUT2D eigenvalue weighted by atomic mass is 9.76. The van der Waals surface area contributed by atoms with E-state index in [4.69, 9.17) is 0 Å². The van der Waals surface area contributed by atoms with Gasteiger partial charge < -0.3 is 5.11 Å². The summed E-state index contributed by atoms with van der Waals surface area (Å²) in [5.41, 5.74) is 3.61. The van der Waals surface area contributed by atoms with E-state index in [0.717, 1.165) is 11.3 Å². The van der Waals surface area contributed by atoms with Crippen molar-refractivity contribution in [2.24, 2.45) is 5.92 Å². The highest BCUT2D eigenvalue weighted by atomic mass is 32.1. The van der Waals surface area contributed by atoms with Crippen LogP contribution in [-0.4, -0.2) is 10.9 Å². The Kier molecular flexibility index (Phi) is 6.10. The predicted molar refractivity (Wildman–Crippen MR) is 104 cm³/mol. The van der Waals surface area contributed by atoms with E-state index in [2.05, 4.69) is 59.4 Å². The number of rotatable bonds is 4. The molecule has 23 heavy (non-hydrogen) atoms. The van der Waals surface area contributed by atoms with Gasteiger partial charge >= 0.3 is 0 Å². The molecule has 1 nitrogen and oxygen atoms in total. The molecule has 0 amide bonds. The average molecular weight is 335 g/mol. The van der Waals surface area contributed by atoms with Crippen LogP contribution in [-0.2, 0) is 5.41 Å². The normalized spacial score (nSPS) is 18.4. The lowest BCUT2D eigenvalue weighted by Gasteiger charge is -2.30. The van der Waals surface area contributed by atoms with Crippen molar-refractivity contribution < 1.29 is 5.11 Å². The van der Waals surface area contributed by atoms with Crippen molar-refractivity contribution in [3.05, 3.63) is 28.8 Å². The van der Waals surface area contributed by atoms with E-state index in [1.165, 1.54) is 43.2 Å². The molecule has 1 unspecified atom stereocenters. The summed E-state index contributed by atoms with van der Waals surface area (Å²) in [4.78, 5) is 0. The fourth-order valence-electron chi connectivity index (χ4n) is 3.89. The molecule has 130 valence electrons. The first-order valence-electron chi connectivity index (χ1n) is 9.23. The molecule has 1 atom stereocenters. The van der Waals surface area contributed by atoms with Crippen LogP contribution < -0.4 is 0 Å². The Balaban J connectivity index is 2.55. The molecule has 2 heteroatoms. The van der Waals surface area contributed by atoms with Crippen molar-refractivity contribution in [1.29, 1.82) is 0 Å². The Hall–Kier alpha value is -0.630. The second kappa shape index (κ2) is 7.51. The summed E-state index contributed by atoms with van der Waals surface area (Å²) in [5.74, 6) is 2.94. The van der Waals surface area contributed by atoms with Crippen molar-refractivity contribution in [2.45, 2.75) is 84.0 Å². The second-order valence-electron chi connectivity index (χ2n) is 8.62. The van der Waals surface area contributed by atoms with E-state index < -0.39 is 0 Å². The van der Waals surface area contributed by atoms with Gasteiger partial charge in [0, 0.05) is 0 Å². The quantitative estimate of drug-likeness (QED) is 0.610. The van der Waals surface area contributed by atoms with Gasteiger partial charge in [0.1, 0.15) is 5.75 Å². The van der Waals surface area contributed by atoms with Gasteiger partial charge in [-0.15, -0.1) is 0 Å². The van der Waals surface area contributed by atoms with E-state index in [1.54, 1.807) is 0 Å². The summed E-state index contributed by atoms with van der Waals surface area (Å²) in [6.07, 6.45) is 6.36. The van der Waals surface area contributed by atoms with Crippen molar-refractivity contribution >= 4 is 12.6 Å². The van der Waals surface area contributed by atoms with Crippen molar-refractivity contribution in [3.63, 3.8) is 0 Å². The Bertz CT molecular complexity index is 521. The lowest BCUT2D eigenvalue weighted by Crippen LogP contribution is -2.17. The number of phenols is 1. The zero-order chi connectivity index (χ0) is 17.2. The van der Waals surface area contributed by atoms with Gasteiger partial charge in [-0.1, -0.05) is 66.0 Å².